The van der Waals surface area contributed by atoms with Gasteiger partial charge in [-0.15, -0.1) is 0 Å². The maximum Gasteiger partial charge on any atom is 0.308 e. The van der Waals surface area contributed by atoms with Gasteiger partial charge < -0.3 is 9.72 Å². The Morgan fingerprint density at radius 2 is 2.11 bits per heavy atom. The first kappa shape index (κ1) is 12.4. The van der Waals surface area contributed by atoms with Gasteiger partial charge in [0.05, 0.1) is 13.0 Å². The Labute approximate surface area is 105 Å². The van der Waals surface area contributed by atoms with Crippen LogP contribution in [-0.2, 0) is 9.53 Å². The molecule has 0 saturated heterocycles. The van der Waals surface area contributed by atoms with Gasteiger partial charge in [-0.25, -0.2) is 0 Å². The number of aromatic amines is 1. The summed E-state index contributed by atoms with van der Waals surface area (Å²) >= 11 is 0. The maximum atomic E-state index is 12.0. The maximum absolute atomic E-state index is 12.0. The Morgan fingerprint density at radius 3 is 2.83 bits per heavy atom. The molecule has 2 aromatic rings. The van der Waals surface area contributed by atoms with E-state index in [9.17, 15) is 9.59 Å². The van der Waals surface area contributed by atoms with Crippen LogP contribution < -0.4 is 0 Å². The molecule has 1 N–H and O–H groups in total. The molecular weight excluding hydrogens is 230 g/mol. The van der Waals surface area contributed by atoms with E-state index in [0.717, 1.165) is 10.9 Å². The van der Waals surface area contributed by atoms with Crippen LogP contribution in [0.3, 0.4) is 0 Å². The van der Waals surface area contributed by atoms with E-state index in [1.54, 1.807) is 13.0 Å². The van der Waals surface area contributed by atoms with E-state index in [1.165, 1.54) is 7.11 Å². The number of esters is 1. The summed E-state index contributed by atoms with van der Waals surface area (Å²) in [5, 5.41) is 0.992. The normalized spacial score (nSPS) is 12.3. The number of fused-ring (bicyclic) bond motifs is 1. The first-order chi connectivity index (χ1) is 8.61. The fourth-order valence-corrected chi connectivity index (χ4v) is 1.91. The summed E-state index contributed by atoms with van der Waals surface area (Å²) in [7, 11) is 1.33. The van der Waals surface area contributed by atoms with Crippen LogP contribution in [0.25, 0.3) is 10.9 Å². The van der Waals surface area contributed by atoms with Gasteiger partial charge in [-0.1, -0.05) is 6.92 Å². The predicted octanol–water partition coefficient (Wildman–Crippen LogP) is 2.55. The predicted molar refractivity (Wildman–Crippen MR) is 68.4 cm³/mol. The average molecular weight is 245 g/mol. The fourth-order valence-electron chi connectivity index (χ4n) is 1.91. The number of H-pyrrole nitrogens is 1. The van der Waals surface area contributed by atoms with E-state index in [0.29, 0.717) is 5.56 Å². The molecule has 0 unspecified atom stereocenters. The molecule has 2 rings (SSSR count). The van der Waals surface area contributed by atoms with E-state index in [4.69, 9.17) is 0 Å². The zero-order chi connectivity index (χ0) is 13.1. The molecule has 4 nitrogen and oxygen atoms in total. The lowest BCUT2D eigenvalue weighted by atomic mass is 9.99. The van der Waals surface area contributed by atoms with Crippen LogP contribution in [0.5, 0.6) is 0 Å². The highest BCUT2D eigenvalue weighted by Gasteiger charge is 2.18. The van der Waals surface area contributed by atoms with Crippen molar-refractivity contribution in [2.75, 3.05) is 7.11 Å². The highest BCUT2D eigenvalue weighted by atomic mass is 16.5. The zero-order valence-corrected chi connectivity index (χ0v) is 10.4. The number of hydrogen-bond donors (Lipinski definition) is 1. The standard InChI is InChI=1S/C14H15NO3/c1-9(14(17)18-2)7-13(16)11-3-4-12-10(8-11)5-6-15-12/h3-6,8-9,15H,7H2,1-2H3/t9-/m1/s1. The highest BCUT2D eigenvalue weighted by molar-refractivity contribution is 6.00. The first-order valence-electron chi connectivity index (χ1n) is 5.80. The van der Waals surface area contributed by atoms with Gasteiger partial charge in [-0.3, -0.25) is 9.59 Å². The zero-order valence-electron chi connectivity index (χ0n) is 10.4. The first-order valence-corrected chi connectivity index (χ1v) is 5.80. The number of rotatable bonds is 4. The lowest BCUT2D eigenvalue weighted by Gasteiger charge is -2.08. The van der Waals surface area contributed by atoms with Crippen LogP contribution in [0.1, 0.15) is 23.7 Å². The van der Waals surface area contributed by atoms with E-state index >= 15 is 0 Å². The second-order valence-corrected chi connectivity index (χ2v) is 4.33. The summed E-state index contributed by atoms with van der Waals surface area (Å²) in [5.41, 5.74) is 1.62. The third-order valence-electron chi connectivity index (χ3n) is 2.97. The van der Waals surface area contributed by atoms with Crippen LogP contribution in [0, 0.1) is 5.92 Å². The largest absolute Gasteiger partial charge is 0.469 e. The van der Waals surface area contributed by atoms with Crippen molar-refractivity contribution in [1.29, 1.82) is 0 Å². The van der Waals surface area contributed by atoms with Crippen molar-refractivity contribution in [3.63, 3.8) is 0 Å². The van der Waals surface area contributed by atoms with Crippen molar-refractivity contribution in [1.82, 2.24) is 4.98 Å². The number of carbonyl (C=O) groups is 2. The van der Waals surface area contributed by atoms with Gasteiger partial charge in [0.1, 0.15) is 0 Å². The number of hydrogen-bond acceptors (Lipinski definition) is 3. The number of carbonyl (C=O) groups excluding carboxylic acids is 2. The van der Waals surface area contributed by atoms with Crippen LogP contribution >= 0.6 is 0 Å². The van der Waals surface area contributed by atoms with Gasteiger partial charge in [0.25, 0.3) is 0 Å². The molecule has 0 bridgehead atoms. The van der Waals surface area contributed by atoms with Crippen LogP contribution in [0.4, 0.5) is 0 Å². The molecule has 18 heavy (non-hydrogen) atoms. The van der Waals surface area contributed by atoms with Crippen molar-refractivity contribution < 1.29 is 14.3 Å². The lowest BCUT2D eigenvalue weighted by molar-refractivity contribution is -0.144. The summed E-state index contributed by atoms with van der Waals surface area (Å²) in [6, 6.07) is 7.38. The molecule has 0 spiro atoms. The topological polar surface area (TPSA) is 59.2 Å². The molecule has 0 saturated carbocycles. The summed E-state index contributed by atoms with van der Waals surface area (Å²) < 4.78 is 4.61. The molecule has 0 amide bonds. The summed E-state index contributed by atoms with van der Waals surface area (Å²) in [4.78, 5) is 26.4. The van der Waals surface area contributed by atoms with Crippen LogP contribution in [0.15, 0.2) is 30.5 Å². The Kier molecular flexibility index (Phi) is 3.46. The smallest absolute Gasteiger partial charge is 0.308 e. The van der Waals surface area contributed by atoms with Crippen LogP contribution in [0.2, 0.25) is 0 Å². The fraction of sp³-hybridized carbons (Fsp3) is 0.286. The minimum Gasteiger partial charge on any atom is -0.469 e. The van der Waals surface area contributed by atoms with Gasteiger partial charge >= 0.3 is 5.97 Å². The molecule has 0 aliphatic rings. The number of ketones is 1. The summed E-state index contributed by atoms with van der Waals surface area (Å²) in [6.07, 6.45) is 2.00. The van der Waals surface area contributed by atoms with Crippen molar-refractivity contribution in [2.24, 2.45) is 5.92 Å². The van der Waals surface area contributed by atoms with Crippen molar-refractivity contribution >= 4 is 22.7 Å². The third-order valence-corrected chi connectivity index (χ3v) is 2.97. The number of aromatic nitrogens is 1. The number of benzene rings is 1. The van der Waals surface area contributed by atoms with Gasteiger partial charge in [0.2, 0.25) is 0 Å². The quantitative estimate of drug-likeness (QED) is 0.665. The third kappa shape index (κ3) is 2.42. The molecule has 94 valence electrons. The molecule has 1 atom stereocenters. The molecule has 0 fully saturated rings. The van der Waals surface area contributed by atoms with Gasteiger partial charge in [0, 0.05) is 29.1 Å². The van der Waals surface area contributed by atoms with E-state index in [-0.39, 0.29) is 18.2 Å². The van der Waals surface area contributed by atoms with Gasteiger partial charge in [0.15, 0.2) is 5.78 Å². The van der Waals surface area contributed by atoms with E-state index in [2.05, 4.69) is 9.72 Å². The SMILES string of the molecule is COC(=O)[C@H](C)CC(=O)c1ccc2[nH]ccc2c1. The van der Waals surface area contributed by atoms with Crippen molar-refractivity contribution in [3.8, 4) is 0 Å². The molecule has 0 aliphatic heterocycles. The monoisotopic (exact) mass is 245 g/mol. The van der Waals surface area contributed by atoms with Gasteiger partial charge in [-0.2, -0.15) is 0 Å². The molecule has 1 aromatic carbocycles. The lowest BCUT2D eigenvalue weighted by Crippen LogP contribution is -2.16. The molecule has 0 aliphatic carbocycles. The Hall–Kier alpha value is -2.10. The minimum atomic E-state index is -0.413. The van der Waals surface area contributed by atoms with E-state index in [1.807, 2.05) is 24.4 Å². The Bertz CT molecular complexity index is 585. The summed E-state index contributed by atoms with van der Waals surface area (Å²) in [5.74, 6) is -0.813. The number of methoxy groups -OCH3 is 1. The van der Waals surface area contributed by atoms with Crippen molar-refractivity contribution in [3.05, 3.63) is 36.0 Å². The van der Waals surface area contributed by atoms with E-state index < -0.39 is 5.92 Å². The number of ether oxygens (including phenoxy) is 1. The van der Waals surface area contributed by atoms with Crippen LogP contribution in [-0.4, -0.2) is 23.8 Å². The number of Topliss-reactive ketones (excluding diaryl/α,β-unsaturated/α-hetero) is 1. The Morgan fingerprint density at radius 1 is 1.33 bits per heavy atom. The second-order valence-electron chi connectivity index (χ2n) is 4.33. The molecule has 4 heteroatoms. The Balaban J connectivity index is 2.15. The molecular formula is C14H15NO3. The molecule has 0 radical (unpaired) electrons. The second kappa shape index (κ2) is 5.04. The highest BCUT2D eigenvalue weighted by Crippen LogP contribution is 2.17. The van der Waals surface area contributed by atoms with Crippen molar-refractivity contribution in [2.45, 2.75) is 13.3 Å². The van der Waals surface area contributed by atoms with Gasteiger partial charge in [-0.05, 0) is 24.3 Å². The molecule has 1 heterocycles. The number of nitrogens with one attached hydrogen (secondary N) is 1. The summed E-state index contributed by atoms with van der Waals surface area (Å²) in [6.45, 7) is 1.69. The average Bonchev–Trinajstić information content (AvgIpc) is 2.84. The molecule has 1 aromatic heterocycles. The minimum absolute atomic E-state index is 0.0454.